The summed E-state index contributed by atoms with van der Waals surface area (Å²) in [6.07, 6.45) is 3.36. The zero-order valence-electron chi connectivity index (χ0n) is 19.4. The third kappa shape index (κ3) is 6.70. The SMILES string of the molecule is CCN(CC)c1nc(NCCCN2CCCC2=O)nc(NCCc2ccc(OC)cc2)n1. The summed E-state index contributed by atoms with van der Waals surface area (Å²) in [4.78, 5) is 29.6. The number of methoxy groups -OCH3 is 1. The number of carbonyl (C=O) groups excluding carboxylic acids is 1. The highest BCUT2D eigenvalue weighted by atomic mass is 16.5. The third-order valence-electron chi connectivity index (χ3n) is 5.59. The van der Waals surface area contributed by atoms with Crippen LogP contribution in [0.4, 0.5) is 17.8 Å². The van der Waals surface area contributed by atoms with Crippen LogP contribution in [0.15, 0.2) is 24.3 Å². The van der Waals surface area contributed by atoms with E-state index >= 15 is 0 Å². The van der Waals surface area contributed by atoms with Gasteiger partial charge in [0.2, 0.25) is 23.8 Å². The Morgan fingerprint density at radius 1 is 1.03 bits per heavy atom. The fourth-order valence-electron chi connectivity index (χ4n) is 3.69. The lowest BCUT2D eigenvalue weighted by molar-refractivity contribution is -0.127. The molecule has 1 saturated heterocycles. The zero-order chi connectivity index (χ0) is 22.8. The summed E-state index contributed by atoms with van der Waals surface area (Å²) in [6, 6.07) is 8.06. The molecule has 32 heavy (non-hydrogen) atoms. The van der Waals surface area contributed by atoms with E-state index in [1.54, 1.807) is 7.11 Å². The Morgan fingerprint density at radius 3 is 2.31 bits per heavy atom. The molecule has 0 unspecified atom stereocenters. The van der Waals surface area contributed by atoms with E-state index in [0.717, 1.165) is 51.2 Å². The second-order valence-corrected chi connectivity index (χ2v) is 7.74. The van der Waals surface area contributed by atoms with Crippen molar-refractivity contribution in [3.63, 3.8) is 0 Å². The molecule has 3 rings (SSSR count). The number of benzene rings is 1. The maximum Gasteiger partial charge on any atom is 0.231 e. The normalized spacial score (nSPS) is 13.3. The Labute approximate surface area is 190 Å². The maximum atomic E-state index is 11.8. The molecule has 1 aliphatic rings. The van der Waals surface area contributed by atoms with Crippen LogP contribution in [0, 0.1) is 0 Å². The molecule has 1 aromatic carbocycles. The van der Waals surface area contributed by atoms with E-state index in [2.05, 4.69) is 56.5 Å². The first kappa shape index (κ1) is 23.6. The number of aromatic nitrogens is 3. The molecule has 0 radical (unpaired) electrons. The van der Waals surface area contributed by atoms with Gasteiger partial charge in [-0.05, 0) is 50.8 Å². The molecular formula is C23H35N7O2. The van der Waals surface area contributed by atoms with Gasteiger partial charge in [-0.25, -0.2) is 0 Å². The van der Waals surface area contributed by atoms with Crippen LogP contribution in [0.5, 0.6) is 5.75 Å². The predicted octanol–water partition coefficient (Wildman–Crippen LogP) is 2.81. The molecule has 0 atom stereocenters. The Hall–Kier alpha value is -3.10. The highest BCUT2D eigenvalue weighted by Gasteiger charge is 2.19. The van der Waals surface area contributed by atoms with Gasteiger partial charge in [0.15, 0.2) is 0 Å². The van der Waals surface area contributed by atoms with E-state index in [1.807, 2.05) is 17.0 Å². The monoisotopic (exact) mass is 441 g/mol. The van der Waals surface area contributed by atoms with Gasteiger partial charge in [0.05, 0.1) is 7.11 Å². The van der Waals surface area contributed by atoms with Gasteiger partial charge >= 0.3 is 0 Å². The minimum Gasteiger partial charge on any atom is -0.497 e. The quantitative estimate of drug-likeness (QED) is 0.458. The zero-order valence-corrected chi connectivity index (χ0v) is 19.4. The predicted molar refractivity (Wildman–Crippen MR) is 127 cm³/mol. The fourth-order valence-corrected chi connectivity index (χ4v) is 3.69. The smallest absolute Gasteiger partial charge is 0.231 e. The third-order valence-corrected chi connectivity index (χ3v) is 5.59. The molecule has 1 fully saturated rings. The Kier molecular flexibility index (Phi) is 8.89. The first-order valence-corrected chi connectivity index (χ1v) is 11.5. The minimum atomic E-state index is 0.261. The summed E-state index contributed by atoms with van der Waals surface area (Å²) < 4.78 is 5.21. The number of hydrogen-bond acceptors (Lipinski definition) is 8. The summed E-state index contributed by atoms with van der Waals surface area (Å²) in [5.74, 6) is 2.90. The Bertz CT molecular complexity index is 856. The van der Waals surface area contributed by atoms with E-state index in [9.17, 15) is 4.79 Å². The van der Waals surface area contributed by atoms with Crippen LogP contribution in [0.2, 0.25) is 0 Å². The number of ether oxygens (including phenoxy) is 1. The largest absolute Gasteiger partial charge is 0.497 e. The molecule has 174 valence electrons. The second-order valence-electron chi connectivity index (χ2n) is 7.74. The molecule has 1 aromatic heterocycles. The summed E-state index contributed by atoms with van der Waals surface area (Å²) in [5.41, 5.74) is 1.21. The first-order chi connectivity index (χ1) is 15.6. The van der Waals surface area contributed by atoms with E-state index in [-0.39, 0.29) is 5.91 Å². The average Bonchev–Trinajstić information content (AvgIpc) is 3.22. The van der Waals surface area contributed by atoms with Crippen molar-refractivity contribution in [1.29, 1.82) is 0 Å². The van der Waals surface area contributed by atoms with Crippen LogP contribution in [-0.2, 0) is 11.2 Å². The van der Waals surface area contributed by atoms with Gasteiger partial charge in [0.25, 0.3) is 0 Å². The average molecular weight is 442 g/mol. The fraction of sp³-hybridized carbons (Fsp3) is 0.565. The van der Waals surface area contributed by atoms with Crippen molar-refractivity contribution < 1.29 is 9.53 Å². The van der Waals surface area contributed by atoms with Crippen LogP contribution < -0.4 is 20.3 Å². The van der Waals surface area contributed by atoms with Crippen molar-refractivity contribution in [2.45, 2.75) is 39.5 Å². The van der Waals surface area contributed by atoms with E-state index in [0.29, 0.717) is 37.4 Å². The number of nitrogens with one attached hydrogen (secondary N) is 2. The molecule has 0 spiro atoms. The topological polar surface area (TPSA) is 95.5 Å². The summed E-state index contributed by atoms with van der Waals surface area (Å²) in [6.45, 7) is 8.88. The summed E-state index contributed by atoms with van der Waals surface area (Å²) >= 11 is 0. The van der Waals surface area contributed by atoms with Gasteiger partial charge in [-0.3, -0.25) is 4.79 Å². The molecule has 1 amide bonds. The van der Waals surface area contributed by atoms with E-state index in [4.69, 9.17) is 4.74 Å². The molecule has 9 heteroatoms. The number of likely N-dealkylation sites (tertiary alicyclic amines) is 1. The Morgan fingerprint density at radius 2 is 1.72 bits per heavy atom. The lowest BCUT2D eigenvalue weighted by Crippen LogP contribution is -2.27. The van der Waals surface area contributed by atoms with E-state index in [1.165, 1.54) is 5.56 Å². The molecule has 2 N–H and O–H groups in total. The molecule has 0 bridgehead atoms. The van der Waals surface area contributed by atoms with Crippen LogP contribution in [0.1, 0.15) is 38.7 Å². The van der Waals surface area contributed by atoms with Gasteiger partial charge in [-0.15, -0.1) is 0 Å². The van der Waals surface area contributed by atoms with Gasteiger partial charge in [-0.2, -0.15) is 15.0 Å². The molecule has 2 heterocycles. The summed E-state index contributed by atoms with van der Waals surface area (Å²) in [5, 5.41) is 6.64. The van der Waals surface area contributed by atoms with Crippen LogP contribution in [0.25, 0.3) is 0 Å². The molecule has 9 nitrogen and oxygen atoms in total. The first-order valence-electron chi connectivity index (χ1n) is 11.5. The van der Waals surface area contributed by atoms with E-state index < -0.39 is 0 Å². The Balaban J connectivity index is 1.58. The van der Waals surface area contributed by atoms with Crippen molar-refractivity contribution in [3.05, 3.63) is 29.8 Å². The lowest BCUT2D eigenvalue weighted by atomic mass is 10.1. The molecular weight excluding hydrogens is 406 g/mol. The number of rotatable bonds is 13. The minimum absolute atomic E-state index is 0.261. The van der Waals surface area contributed by atoms with Gasteiger partial charge in [0.1, 0.15) is 5.75 Å². The highest BCUT2D eigenvalue weighted by molar-refractivity contribution is 5.78. The van der Waals surface area contributed by atoms with Crippen LogP contribution in [-0.4, -0.2) is 72.1 Å². The van der Waals surface area contributed by atoms with Crippen LogP contribution in [0.3, 0.4) is 0 Å². The second kappa shape index (κ2) is 12.1. The maximum absolute atomic E-state index is 11.8. The van der Waals surface area contributed by atoms with Crippen molar-refractivity contribution in [2.24, 2.45) is 0 Å². The van der Waals surface area contributed by atoms with Crippen molar-refractivity contribution >= 4 is 23.8 Å². The standard InChI is InChI=1S/C23H35N7O2/c1-4-29(5-2)23-27-21(24-14-7-17-30-16-6-8-20(30)31)26-22(28-23)25-15-13-18-9-11-19(32-3)12-10-18/h9-12H,4-8,13-17H2,1-3H3,(H2,24,25,26,27,28). The lowest BCUT2D eigenvalue weighted by Gasteiger charge is -2.20. The number of amides is 1. The number of hydrogen-bond donors (Lipinski definition) is 2. The number of carbonyl (C=O) groups is 1. The molecule has 0 saturated carbocycles. The van der Waals surface area contributed by atoms with Crippen molar-refractivity contribution in [1.82, 2.24) is 19.9 Å². The van der Waals surface area contributed by atoms with Crippen molar-refractivity contribution in [3.8, 4) is 5.75 Å². The number of nitrogens with zero attached hydrogens (tertiary/aromatic N) is 5. The summed E-state index contributed by atoms with van der Waals surface area (Å²) in [7, 11) is 1.67. The van der Waals surface area contributed by atoms with Gasteiger partial charge < -0.3 is 25.2 Å². The van der Waals surface area contributed by atoms with Crippen molar-refractivity contribution in [2.75, 3.05) is 61.9 Å². The number of anilines is 3. The van der Waals surface area contributed by atoms with Gasteiger partial charge in [-0.1, -0.05) is 12.1 Å². The molecule has 0 aliphatic carbocycles. The molecule has 2 aromatic rings. The highest BCUT2D eigenvalue weighted by Crippen LogP contribution is 2.15. The van der Waals surface area contributed by atoms with Gasteiger partial charge in [0, 0.05) is 45.7 Å². The van der Waals surface area contributed by atoms with Crippen LogP contribution >= 0.6 is 0 Å². The molecule has 1 aliphatic heterocycles.